The average molecular weight is 379 g/mol. The van der Waals surface area contributed by atoms with Crippen LogP contribution in [0.1, 0.15) is 32.9 Å². The molecule has 1 heterocycles. The first kappa shape index (κ1) is 19.2. The number of rotatable bonds is 7. The van der Waals surface area contributed by atoms with Crippen LogP contribution >= 0.6 is 0 Å². The summed E-state index contributed by atoms with van der Waals surface area (Å²) in [6.45, 7) is 0. The van der Waals surface area contributed by atoms with E-state index in [0.717, 1.165) is 22.5 Å². The van der Waals surface area contributed by atoms with E-state index in [2.05, 4.69) is 4.98 Å². The average Bonchev–Trinajstić information content (AvgIpc) is 2.64. The molecule has 28 heavy (non-hydrogen) atoms. The number of carboxylic acids is 1. The highest BCUT2D eigenvalue weighted by Gasteiger charge is 2.10. The van der Waals surface area contributed by atoms with Gasteiger partial charge in [0, 0.05) is 17.5 Å². The van der Waals surface area contributed by atoms with E-state index in [1.54, 1.807) is 18.2 Å². The molecule has 0 saturated heterocycles. The molecule has 144 valence electrons. The zero-order chi connectivity index (χ0) is 20.1. The fourth-order valence-corrected chi connectivity index (χ4v) is 3.07. The third kappa shape index (κ3) is 5.01. The second-order valence-electron chi connectivity index (χ2n) is 6.63. The fraction of sp³-hybridized carbons (Fsp3) is 0.182. The van der Waals surface area contributed by atoms with Crippen LogP contribution in [0.15, 0.2) is 54.6 Å². The lowest BCUT2D eigenvalue weighted by Crippen LogP contribution is -2.01. The zero-order valence-corrected chi connectivity index (χ0v) is 15.2. The first-order valence-electron chi connectivity index (χ1n) is 8.92. The molecule has 3 aromatic rings. The fourth-order valence-electron chi connectivity index (χ4n) is 3.07. The monoisotopic (exact) mass is 379 g/mol. The molecule has 0 unspecified atom stereocenters. The first-order chi connectivity index (χ1) is 13.4. The molecule has 0 spiro atoms. The maximum atomic E-state index is 11.0. The van der Waals surface area contributed by atoms with Gasteiger partial charge in [0.25, 0.3) is 0 Å². The molecule has 2 aromatic carbocycles. The van der Waals surface area contributed by atoms with Crippen LogP contribution in [0.25, 0.3) is 0 Å². The number of nitrogens with zero attached hydrogens (tertiary/aromatic N) is 1. The van der Waals surface area contributed by atoms with Crippen molar-refractivity contribution in [2.75, 3.05) is 0 Å². The van der Waals surface area contributed by atoms with Gasteiger partial charge in [-0.05, 0) is 73.2 Å². The number of hydrogen-bond acceptors (Lipinski definition) is 5. The Hall–Kier alpha value is -3.54. The number of pyridine rings is 1. The summed E-state index contributed by atoms with van der Waals surface area (Å²) in [6.07, 6.45) is 2.60. The van der Waals surface area contributed by atoms with Gasteiger partial charge in [-0.25, -0.2) is 4.79 Å². The summed E-state index contributed by atoms with van der Waals surface area (Å²) in [5.41, 5.74) is 3.37. The van der Waals surface area contributed by atoms with Crippen molar-refractivity contribution in [2.24, 2.45) is 0 Å². The Labute approximate surface area is 162 Å². The van der Waals surface area contributed by atoms with Crippen molar-refractivity contribution in [3.63, 3.8) is 0 Å². The molecule has 0 radical (unpaired) electrons. The van der Waals surface area contributed by atoms with Gasteiger partial charge in [0.05, 0.1) is 0 Å². The molecule has 0 aliphatic heterocycles. The summed E-state index contributed by atoms with van der Waals surface area (Å²) in [5.74, 6) is -1.32. The van der Waals surface area contributed by atoms with Crippen molar-refractivity contribution >= 4 is 5.97 Å². The Morgan fingerprint density at radius 2 is 1.36 bits per heavy atom. The smallest absolute Gasteiger partial charge is 0.339 e. The molecule has 6 nitrogen and oxygen atoms in total. The largest absolute Gasteiger partial charge is 0.508 e. The van der Waals surface area contributed by atoms with Crippen LogP contribution < -0.4 is 0 Å². The van der Waals surface area contributed by atoms with Crippen LogP contribution in [-0.4, -0.2) is 31.4 Å². The molecule has 3 rings (SSSR count). The van der Waals surface area contributed by atoms with Crippen molar-refractivity contribution in [3.05, 3.63) is 82.7 Å². The van der Waals surface area contributed by atoms with Gasteiger partial charge in [-0.2, -0.15) is 0 Å². The van der Waals surface area contributed by atoms with Crippen molar-refractivity contribution in [3.8, 4) is 17.2 Å². The molecule has 1 aromatic heterocycles. The number of carbonyl (C=O) groups is 1. The number of phenols is 3. The third-order valence-corrected chi connectivity index (χ3v) is 4.46. The van der Waals surface area contributed by atoms with Crippen LogP contribution in [0.4, 0.5) is 0 Å². The Bertz CT molecular complexity index is 980. The number of hydrogen-bond donors (Lipinski definition) is 4. The van der Waals surface area contributed by atoms with Crippen LogP contribution in [0, 0.1) is 0 Å². The lowest BCUT2D eigenvalue weighted by Gasteiger charge is -2.07. The number of aromatic nitrogens is 1. The zero-order valence-electron chi connectivity index (χ0n) is 15.2. The van der Waals surface area contributed by atoms with Gasteiger partial charge in [0.2, 0.25) is 0 Å². The van der Waals surface area contributed by atoms with E-state index in [0.29, 0.717) is 25.7 Å². The quantitative estimate of drug-likeness (QED) is 0.500. The van der Waals surface area contributed by atoms with E-state index in [1.807, 2.05) is 18.2 Å². The Kier molecular flexibility index (Phi) is 5.79. The Balaban J connectivity index is 1.61. The van der Waals surface area contributed by atoms with Crippen molar-refractivity contribution in [2.45, 2.75) is 25.7 Å². The van der Waals surface area contributed by atoms with Gasteiger partial charge in [0.1, 0.15) is 22.8 Å². The highest BCUT2D eigenvalue weighted by Crippen LogP contribution is 2.22. The molecule has 6 heteroatoms. The lowest BCUT2D eigenvalue weighted by atomic mass is 10.0. The summed E-state index contributed by atoms with van der Waals surface area (Å²) < 4.78 is 0. The Morgan fingerprint density at radius 1 is 0.750 bits per heavy atom. The van der Waals surface area contributed by atoms with Crippen molar-refractivity contribution in [1.29, 1.82) is 0 Å². The maximum Gasteiger partial charge on any atom is 0.339 e. The highest BCUT2D eigenvalue weighted by molar-refractivity contribution is 5.90. The van der Waals surface area contributed by atoms with E-state index < -0.39 is 5.97 Å². The minimum atomic E-state index is -1.15. The van der Waals surface area contributed by atoms with Crippen LogP contribution in [0.2, 0.25) is 0 Å². The number of phenolic OH excluding ortho intramolecular Hbond substituents is 2. The molecule has 0 amide bonds. The second kappa shape index (κ2) is 8.43. The Morgan fingerprint density at radius 3 is 1.93 bits per heavy atom. The van der Waals surface area contributed by atoms with Gasteiger partial charge in [-0.1, -0.05) is 12.1 Å². The van der Waals surface area contributed by atoms with Crippen LogP contribution in [0.5, 0.6) is 17.2 Å². The summed E-state index contributed by atoms with van der Waals surface area (Å²) in [7, 11) is 0. The van der Waals surface area contributed by atoms with Gasteiger partial charge in [-0.15, -0.1) is 0 Å². The minimum Gasteiger partial charge on any atom is -0.508 e. The first-order valence-corrected chi connectivity index (χ1v) is 8.92. The summed E-state index contributed by atoms with van der Waals surface area (Å²) in [4.78, 5) is 15.6. The van der Waals surface area contributed by atoms with Gasteiger partial charge in [0.15, 0.2) is 0 Å². The van der Waals surface area contributed by atoms with E-state index in [-0.39, 0.29) is 22.8 Å². The van der Waals surface area contributed by atoms with Crippen LogP contribution in [0.3, 0.4) is 0 Å². The second-order valence-corrected chi connectivity index (χ2v) is 6.63. The highest BCUT2D eigenvalue weighted by atomic mass is 16.4. The number of aromatic carboxylic acids is 1. The molecule has 0 aliphatic carbocycles. The van der Waals surface area contributed by atoms with Crippen molar-refractivity contribution < 1.29 is 25.2 Å². The summed E-state index contributed by atoms with van der Waals surface area (Å²) in [5, 5.41) is 37.9. The predicted molar refractivity (Wildman–Crippen MR) is 104 cm³/mol. The van der Waals surface area contributed by atoms with Crippen molar-refractivity contribution in [1.82, 2.24) is 4.98 Å². The number of benzene rings is 2. The molecular weight excluding hydrogens is 358 g/mol. The normalized spacial score (nSPS) is 10.7. The van der Waals surface area contributed by atoms with Gasteiger partial charge in [-0.3, -0.25) is 4.98 Å². The molecule has 0 aliphatic rings. The SMILES string of the molecule is O=C(O)c1ccc(CCc2cccc(CCc3cc(O)cc(O)c3)n2)cc1O. The van der Waals surface area contributed by atoms with E-state index >= 15 is 0 Å². The maximum absolute atomic E-state index is 11.0. The summed E-state index contributed by atoms with van der Waals surface area (Å²) >= 11 is 0. The number of aryl methyl sites for hydroxylation is 4. The molecule has 0 saturated carbocycles. The van der Waals surface area contributed by atoms with Gasteiger partial charge >= 0.3 is 5.97 Å². The standard InChI is InChI=1S/C22H21NO5/c24-18-10-15(11-19(25)13-18)5-8-17-3-1-2-16(23-17)7-4-14-6-9-20(22(27)28)21(26)12-14/h1-3,6,9-13,24-26H,4-5,7-8H2,(H,27,28). The third-order valence-electron chi connectivity index (χ3n) is 4.46. The lowest BCUT2D eigenvalue weighted by molar-refractivity contribution is 0.0693. The number of aromatic hydroxyl groups is 3. The van der Waals surface area contributed by atoms with Crippen LogP contribution in [-0.2, 0) is 25.7 Å². The number of carboxylic acid groups (broad SMARTS) is 1. The molecule has 0 atom stereocenters. The molecular formula is C22H21NO5. The van der Waals surface area contributed by atoms with E-state index in [4.69, 9.17) is 5.11 Å². The van der Waals surface area contributed by atoms with Gasteiger partial charge < -0.3 is 20.4 Å². The van der Waals surface area contributed by atoms with E-state index in [9.17, 15) is 20.1 Å². The minimum absolute atomic E-state index is 0.0360. The predicted octanol–water partition coefficient (Wildman–Crippen LogP) is 3.47. The molecule has 4 N–H and O–H groups in total. The molecule has 0 bridgehead atoms. The summed E-state index contributed by atoms with van der Waals surface area (Å²) in [6, 6.07) is 14.9. The van der Waals surface area contributed by atoms with E-state index in [1.165, 1.54) is 18.2 Å². The topological polar surface area (TPSA) is 111 Å². The molecule has 0 fully saturated rings.